The Bertz CT molecular complexity index is 613. The van der Waals surface area contributed by atoms with Gasteiger partial charge in [-0.3, -0.25) is 4.79 Å². The molecule has 0 saturated carbocycles. The molecule has 20 heavy (non-hydrogen) atoms. The van der Waals surface area contributed by atoms with E-state index in [1.165, 1.54) is 18.2 Å². The van der Waals surface area contributed by atoms with Crippen LogP contribution in [0.2, 0.25) is 0 Å². The van der Waals surface area contributed by atoms with Crippen LogP contribution in [0.25, 0.3) is 0 Å². The molecule has 2 aromatic rings. The number of Topliss-reactive ketones (excluding diaryl/α,β-unsaturated/α-hetero) is 1. The number of nitrogens with zero attached hydrogens (tertiary/aromatic N) is 1. The first kappa shape index (κ1) is 14.1. The van der Waals surface area contributed by atoms with Crippen molar-refractivity contribution in [1.82, 2.24) is 0 Å². The lowest BCUT2D eigenvalue weighted by atomic mass is 10.1. The third kappa shape index (κ3) is 3.15. The van der Waals surface area contributed by atoms with E-state index in [1.807, 2.05) is 24.3 Å². The van der Waals surface area contributed by atoms with E-state index in [1.54, 1.807) is 25.1 Å². The molecule has 3 nitrogen and oxygen atoms in total. The summed E-state index contributed by atoms with van der Waals surface area (Å²) in [4.78, 5) is 13.9. The minimum Gasteiger partial charge on any atom is -0.495 e. The molecule has 0 spiro atoms. The number of likely N-dealkylation sites (N-methyl/N-ethyl adjacent to an activating group) is 1. The number of methoxy groups -OCH3 is 1. The minimum atomic E-state index is -0.407. The molecule has 2 rings (SSSR count). The molecule has 0 aliphatic heterocycles. The first-order valence-electron chi connectivity index (χ1n) is 6.24. The van der Waals surface area contributed by atoms with E-state index < -0.39 is 5.82 Å². The van der Waals surface area contributed by atoms with Crippen molar-refractivity contribution in [3.63, 3.8) is 0 Å². The van der Waals surface area contributed by atoms with Crippen molar-refractivity contribution in [3.8, 4) is 5.75 Å². The summed E-state index contributed by atoms with van der Waals surface area (Å²) in [6.45, 7) is 0.157. The molecule has 0 amide bonds. The maximum absolute atomic E-state index is 13.1. The highest BCUT2D eigenvalue weighted by molar-refractivity contribution is 5.99. The standard InChI is InChI=1S/C16H16FNO2/c1-18(14-8-3-4-9-16(14)20-2)11-15(19)12-6-5-7-13(17)10-12/h3-10H,11H2,1-2H3. The number of carbonyl (C=O) groups excluding carboxylic acids is 1. The van der Waals surface area contributed by atoms with Crippen molar-refractivity contribution in [3.05, 3.63) is 59.9 Å². The maximum atomic E-state index is 13.1. The van der Waals surface area contributed by atoms with E-state index in [0.29, 0.717) is 11.3 Å². The van der Waals surface area contributed by atoms with E-state index in [2.05, 4.69) is 0 Å². The number of rotatable bonds is 5. The lowest BCUT2D eigenvalue weighted by Gasteiger charge is -2.20. The van der Waals surface area contributed by atoms with Gasteiger partial charge in [-0.2, -0.15) is 0 Å². The predicted octanol–water partition coefficient (Wildman–Crippen LogP) is 3.15. The van der Waals surface area contributed by atoms with Crippen LogP contribution in [0.4, 0.5) is 10.1 Å². The largest absolute Gasteiger partial charge is 0.495 e. The highest BCUT2D eigenvalue weighted by Crippen LogP contribution is 2.26. The highest BCUT2D eigenvalue weighted by Gasteiger charge is 2.13. The average Bonchev–Trinajstić information content (AvgIpc) is 2.47. The van der Waals surface area contributed by atoms with Crippen LogP contribution in [0.15, 0.2) is 48.5 Å². The third-order valence-corrected chi connectivity index (χ3v) is 3.02. The Hall–Kier alpha value is -2.36. The van der Waals surface area contributed by atoms with Crippen LogP contribution in [0.1, 0.15) is 10.4 Å². The van der Waals surface area contributed by atoms with Gasteiger partial charge in [0.2, 0.25) is 0 Å². The first-order chi connectivity index (χ1) is 9.61. The summed E-state index contributed by atoms with van der Waals surface area (Å²) in [5.74, 6) is 0.149. The monoisotopic (exact) mass is 273 g/mol. The highest BCUT2D eigenvalue weighted by atomic mass is 19.1. The molecule has 0 heterocycles. The minimum absolute atomic E-state index is 0.141. The van der Waals surface area contributed by atoms with Crippen molar-refractivity contribution in [2.45, 2.75) is 0 Å². The SMILES string of the molecule is COc1ccccc1N(C)CC(=O)c1cccc(F)c1. The van der Waals surface area contributed by atoms with Gasteiger partial charge in [-0.15, -0.1) is 0 Å². The molecule has 0 fully saturated rings. The van der Waals surface area contributed by atoms with Gasteiger partial charge in [0.25, 0.3) is 0 Å². The van der Waals surface area contributed by atoms with Gasteiger partial charge in [0.1, 0.15) is 11.6 Å². The number of anilines is 1. The Kier molecular flexibility index (Phi) is 4.35. The van der Waals surface area contributed by atoms with E-state index in [0.717, 1.165) is 5.69 Å². The second-order valence-corrected chi connectivity index (χ2v) is 4.46. The summed E-state index contributed by atoms with van der Waals surface area (Å²) >= 11 is 0. The molecule has 104 valence electrons. The molecular formula is C16H16FNO2. The Morgan fingerprint density at radius 1 is 1.20 bits per heavy atom. The van der Waals surface area contributed by atoms with Crippen LogP contribution >= 0.6 is 0 Å². The van der Waals surface area contributed by atoms with Crippen molar-refractivity contribution in [1.29, 1.82) is 0 Å². The van der Waals surface area contributed by atoms with Gasteiger partial charge in [0.15, 0.2) is 5.78 Å². The molecule has 0 aliphatic rings. The Morgan fingerprint density at radius 2 is 1.95 bits per heavy atom. The van der Waals surface area contributed by atoms with Crippen LogP contribution in [0, 0.1) is 5.82 Å². The molecule has 2 aromatic carbocycles. The van der Waals surface area contributed by atoms with Crippen LogP contribution in [-0.2, 0) is 0 Å². The zero-order valence-electron chi connectivity index (χ0n) is 11.5. The lowest BCUT2D eigenvalue weighted by molar-refractivity contribution is 0.1000. The topological polar surface area (TPSA) is 29.5 Å². The summed E-state index contributed by atoms with van der Waals surface area (Å²) in [7, 11) is 3.39. The van der Waals surface area contributed by atoms with Crippen molar-refractivity contribution in [2.24, 2.45) is 0 Å². The van der Waals surface area contributed by atoms with Crippen LogP contribution in [0.5, 0.6) is 5.75 Å². The molecule has 0 atom stereocenters. The molecule has 0 radical (unpaired) electrons. The van der Waals surface area contributed by atoms with Gasteiger partial charge in [-0.05, 0) is 24.3 Å². The lowest BCUT2D eigenvalue weighted by Crippen LogP contribution is -2.26. The molecular weight excluding hydrogens is 257 g/mol. The predicted molar refractivity (Wildman–Crippen MR) is 77.0 cm³/mol. The number of ether oxygens (including phenoxy) is 1. The number of para-hydroxylation sites is 2. The van der Waals surface area contributed by atoms with Gasteiger partial charge >= 0.3 is 0 Å². The summed E-state index contributed by atoms with van der Waals surface area (Å²) in [5.41, 5.74) is 1.19. The van der Waals surface area contributed by atoms with Gasteiger partial charge < -0.3 is 9.64 Å². The van der Waals surface area contributed by atoms with E-state index in [9.17, 15) is 9.18 Å². The Balaban J connectivity index is 2.15. The normalized spacial score (nSPS) is 10.2. The average molecular weight is 273 g/mol. The van der Waals surface area contributed by atoms with Crippen LogP contribution in [0.3, 0.4) is 0 Å². The number of ketones is 1. The molecule has 0 N–H and O–H groups in total. The zero-order valence-corrected chi connectivity index (χ0v) is 11.5. The van der Waals surface area contributed by atoms with Crippen molar-refractivity contribution >= 4 is 11.5 Å². The van der Waals surface area contributed by atoms with E-state index in [4.69, 9.17) is 4.74 Å². The molecule has 0 saturated heterocycles. The third-order valence-electron chi connectivity index (χ3n) is 3.02. The second-order valence-electron chi connectivity index (χ2n) is 4.46. The Labute approximate surface area is 117 Å². The second kappa shape index (κ2) is 6.19. The van der Waals surface area contributed by atoms with E-state index in [-0.39, 0.29) is 12.3 Å². The fourth-order valence-electron chi connectivity index (χ4n) is 2.00. The first-order valence-corrected chi connectivity index (χ1v) is 6.24. The quantitative estimate of drug-likeness (QED) is 0.784. The summed E-state index contributed by atoms with van der Waals surface area (Å²) in [6.07, 6.45) is 0. The van der Waals surface area contributed by atoms with Crippen LogP contribution < -0.4 is 9.64 Å². The fraction of sp³-hybridized carbons (Fsp3) is 0.188. The van der Waals surface area contributed by atoms with Gasteiger partial charge in [0.05, 0.1) is 19.3 Å². The molecule has 0 aromatic heterocycles. The summed E-state index contributed by atoms with van der Waals surface area (Å²) in [6, 6.07) is 13.2. The molecule has 0 unspecified atom stereocenters. The van der Waals surface area contributed by atoms with Gasteiger partial charge in [0, 0.05) is 12.6 Å². The summed E-state index contributed by atoms with van der Waals surface area (Å²) < 4.78 is 18.4. The molecule has 4 heteroatoms. The van der Waals surface area contributed by atoms with Crippen molar-refractivity contribution in [2.75, 3.05) is 25.6 Å². The number of hydrogen-bond acceptors (Lipinski definition) is 3. The fourth-order valence-corrected chi connectivity index (χ4v) is 2.00. The molecule has 0 bridgehead atoms. The number of carbonyl (C=O) groups is 1. The van der Waals surface area contributed by atoms with Gasteiger partial charge in [-0.1, -0.05) is 24.3 Å². The smallest absolute Gasteiger partial charge is 0.182 e. The van der Waals surface area contributed by atoms with E-state index >= 15 is 0 Å². The maximum Gasteiger partial charge on any atom is 0.182 e. The van der Waals surface area contributed by atoms with Crippen LogP contribution in [-0.4, -0.2) is 26.5 Å². The zero-order chi connectivity index (χ0) is 14.5. The van der Waals surface area contributed by atoms with Gasteiger partial charge in [-0.25, -0.2) is 4.39 Å². The Morgan fingerprint density at radius 3 is 2.65 bits per heavy atom. The number of benzene rings is 2. The number of halogens is 1. The molecule has 0 aliphatic carbocycles. The summed E-state index contributed by atoms with van der Waals surface area (Å²) in [5, 5.41) is 0. The van der Waals surface area contributed by atoms with Crippen molar-refractivity contribution < 1.29 is 13.9 Å². The number of hydrogen-bond donors (Lipinski definition) is 0.